The highest BCUT2D eigenvalue weighted by Gasteiger charge is 2.31. The van der Waals surface area contributed by atoms with E-state index >= 15 is 0 Å². The van der Waals surface area contributed by atoms with E-state index in [0.29, 0.717) is 6.07 Å². The van der Waals surface area contributed by atoms with Crippen molar-refractivity contribution in [3.05, 3.63) is 29.8 Å². The van der Waals surface area contributed by atoms with Crippen molar-refractivity contribution in [2.75, 3.05) is 6.54 Å². The molecule has 1 aromatic rings. The zero-order valence-electron chi connectivity index (χ0n) is 13.2. The van der Waals surface area contributed by atoms with Gasteiger partial charge >= 0.3 is 12.1 Å². The lowest BCUT2D eigenvalue weighted by Gasteiger charge is -2.11. The first kappa shape index (κ1) is 20.9. The summed E-state index contributed by atoms with van der Waals surface area (Å²) >= 11 is 0. The van der Waals surface area contributed by atoms with Gasteiger partial charge < -0.3 is 10.5 Å². The van der Waals surface area contributed by atoms with Crippen LogP contribution in [0.3, 0.4) is 0 Å². The molecule has 0 aliphatic heterocycles. The van der Waals surface area contributed by atoms with Gasteiger partial charge in [0.15, 0.2) is 6.10 Å². The van der Waals surface area contributed by atoms with Gasteiger partial charge in [0.25, 0.3) is 5.91 Å². The summed E-state index contributed by atoms with van der Waals surface area (Å²) in [6.07, 6.45) is -5.92. The highest BCUT2D eigenvalue weighted by molar-refractivity contribution is 7.89. The number of sulfonamides is 1. The molecule has 0 saturated carbocycles. The van der Waals surface area contributed by atoms with E-state index in [4.69, 9.17) is 5.73 Å². The van der Waals surface area contributed by atoms with E-state index in [1.807, 2.05) is 0 Å². The molecule has 0 spiro atoms. The van der Waals surface area contributed by atoms with Crippen molar-refractivity contribution in [1.29, 1.82) is 0 Å². The number of nitrogens with one attached hydrogen (secondary N) is 1. The molecule has 1 atom stereocenters. The molecule has 7 nitrogen and oxygen atoms in total. The molecule has 0 aliphatic rings. The molecule has 0 radical (unpaired) electrons. The number of hydrogen-bond acceptors (Lipinski definition) is 5. The first-order valence-corrected chi connectivity index (χ1v) is 8.57. The second-order valence-corrected chi connectivity index (χ2v) is 6.83. The van der Waals surface area contributed by atoms with Gasteiger partial charge in [-0.05, 0) is 31.5 Å². The molecule has 1 rings (SSSR count). The van der Waals surface area contributed by atoms with Gasteiger partial charge in [-0.15, -0.1) is 0 Å². The number of benzene rings is 1. The first-order valence-electron chi connectivity index (χ1n) is 7.09. The Bertz CT molecular complexity index is 734. The Labute approximate surface area is 142 Å². The fourth-order valence-corrected chi connectivity index (χ4v) is 2.80. The predicted octanol–water partition coefficient (Wildman–Crippen LogP) is 1.18. The maximum absolute atomic E-state index is 12.6. The normalized spacial score (nSPS) is 13.3. The molecule has 0 aliphatic carbocycles. The first-order chi connectivity index (χ1) is 11.4. The second kappa shape index (κ2) is 8.30. The van der Waals surface area contributed by atoms with Crippen LogP contribution in [0.1, 0.15) is 25.3 Å². The van der Waals surface area contributed by atoms with Crippen LogP contribution < -0.4 is 10.5 Å². The van der Waals surface area contributed by atoms with Gasteiger partial charge in [-0.3, -0.25) is 9.59 Å². The average molecular weight is 382 g/mol. The largest absolute Gasteiger partial charge is 0.453 e. The molecule has 11 heteroatoms. The molecule has 0 fully saturated rings. The number of carbonyl (C=O) groups excluding carboxylic acids is 2. The maximum atomic E-state index is 12.6. The van der Waals surface area contributed by atoms with Crippen molar-refractivity contribution in [3.63, 3.8) is 0 Å². The Morgan fingerprint density at radius 3 is 2.52 bits per heavy atom. The average Bonchev–Trinajstić information content (AvgIpc) is 2.50. The second-order valence-electron chi connectivity index (χ2n) is 5.06. The van der Waals surface area contributed by atoms with E-state index in [1.165, 1.54) is 6.92 Å². The summed E-state index contributed by atoms with van der Waals surface area (Å²) in [5, 5.41) is 0. The zero-order chi connectivity index (χ0) is 19.3. The summed E-state index contributed by atoms with van der Waals surface area (Å²) in [6.45, 7) is 1.09. The lowest BCUT2D eigenvalue weighted by molar-refractivity contribution is -0.153. The highest BCUT2D eigenvalue weighted by atomic mass is 32.2. The van der Waals surface area contributed by atoms with Crippen LogP contribution in [0.5, 0.6) is 0 Å². The van der Waals surface area contributed by atoms with Gasteiger partial charge in [0.1, 0.15) is 0 Å². The Balaban J connectivity index is 2.57. The molecule has 0 aromatic heterocycles. The van der Waals surface area contributed by atoms with Crippen molar-refractivity contribution in [1.82, 2.24) is 4.72 Å². The number of hydrogen-bond donors (Lipinski definition) is 2. The van der Waals surface area contributed by atoms with Gasteiger partial charge in [-0.25, -0.2) is 13.1 Å². The molecule has 25 heavy (non-hydrogen) atoms. The number of esters is 1. The van der Waals surface area contributed by atoms with Crippen molar-refractivity contribution < 1.29 is 35.9 Å². The van der Waals surface area contributed by atoms with Crippen LogP contribution in [0, 0.1) is 0 Å². The smallest absolute Gasteiger partial charge is 0.416 e. The molecule has 140 valence electrons. The minimum Gasteiger partial charge on any atom is -0.453 e. The topological polar surface area (TPSA) is 116 Å². The monoisotopic (exact) mass is 382 g/mol. The number of rotatable bonds is 8. The molecular formula is C14H17F3N2O5S. The van der Waals surface area contributed by atoms with E-state index in [2.05, 4.69) is 9.46 Å². The molecule has 0 heterocycles. The number of amides is 1. The number of carbonyl (C=O) groups is 2. The summed E-state index contributed by atoms with van der Waals surface area (Å²) in [4.78, 5) is 21.6. The number of alkyl halides is 3. The van der Waals surface area contributed by atoms with Crippen molar-refractivity contribution in [2.24, 2.45) is 5.73 Å². The van der Waals surface area contributed by atoms with Crippen molar-refractivity contribution >= 4 is 21.9 Å². The summed E-state index contributed by atoms with van der Waals surface area (Å²) < 4.78 is 68.5. The van der Waals surface area contributed by atoms with Crippen LogP contribution in [0.15, 0.2) is 29.2 Å². The van der Waals surface area contributed by atoms with Crippen molar-refractivity contribution in [3.8, 4) is 0 Å². The Hall–Kier alpha value is -2.14. The quantitative estimate of drug-likeness (QED) is 0.517. The number of primary amides is 1. The summed E-state index contributed by atoms with van der Waals surface area (Å²) in [5.74, 6) is -1.57. The maximum Gasteiger partial charge on any atom is 0.416 e. The van der Waals surface area contributed by atoms with Gasteiger partial charge in [-0.2, -0.15) is 13.2 Å². The number of halogens is 3. The van der Waals surface area contributed by atoms with Crippen LogP contribution in [-0.4, -0.2) is 32.9 Å². The molecule has 3 N–H and O–H groups in total. The van der Waals surface area contributed by atoms with Gasteiger partial charge in [0, 0.05) is 13.0 Å². The summed E-state index contributed by atoms with van der Waals surface area (Å²) in [7, 11) is -4.15. The van der Waals surface area contributed by atoms with Crippen LogP contribution in [0.25, 0.3) is 0 Å². The van der Waals surface area contributed by atoms with E-state index < -0.39 is 44.6 Å². The Morgan fingerprint density at radius 2 is 1.96 bits per heavy atom. The molecular weight excluding hydrogens is 365 g/mol. The Morgan fingerprint density at radius 1 is 1.32 bits per heavy atom. The summed E-state index contributed by atoms with van der Waals surface area (Å²) in [5.41, 5.74) is 3.83. The van der Waals surface area contributed by atoms with Crippen LogP contribution >= 0.6 is 0 Å². The predicted molar refractivity (Wildman–Crippen MR) is 80.6 cm³/mol. The van der Waals surface area contributed by atoms with E-state index in [1.54, 1.807) is 0 Å². The molecule has 0 saturated heterocycles. The van der Waals surface area contributed by atoms with Crippen LogP contribution in [-0.2, 0) is 30.5 Å². The minimum atomic E-state index is -4.66. The standard InChI is InChI=1S/C14H17F3N2O5S/c1-9(13(18)21)24-12(20)6-3-7-19-25(22,23)11-5-2-4-10(8-11)14(15,16)17/h2,4-5,8-9,19H,3,6-7H2,1H3,(H2,18,21)/t9-/m0/s1. The number of nitrogens with two attached hydrogens (primary N) is 1. The fourth-order valence-electron chi connectivity index (χ4n) is 1.68. The molecule has 1 amide bonds. The SMILES string of the molecule is C[C@H](OC(=O)CCCNS(=O)(=O)c1cccc(C(F)(F)F)c1)C(N)=O. The third kappa shape index (κ3) is 6.70. The summed E-state index contributed by atoms with van der Waals surface area (Å²) in [6, 6.07) is 3.29. The van der Waals surface area contributed by atoms with E-state index in [9.17, 15) is 31.2 Å². The van der Waals surface area contributed by atoms with Crippen LogP contribution in [0.4, 0.5) is 13.2 Å². The third-order valence-corrected chi connectivity index (χ3v) is 4.49. The molecule has 0 bridgehead atoms. The highest BCUT2D eigenvalue weighted by Crippen LogP contribution is 2.30. The molecule has 1 aromatic carbocycles. The lowest BCUT2D eigenvalue weighted by atomic mass is 10.2. The third-order valence-electron chi connectivity index (χ3n) is 3.03. The zero-order valence-corrected chi connectivity index (χ0v) is 14.0. The van der Waals surface area contributed by atoms with Gasteiger partial charge in [0.2, 0.25) is 10.0 Å². The van der Waals surface area contributed by atoms with Gasteiger partial charge in [0.05, 0.1) is 10.5 Å². The van der Waals surface area contributed by atoms with E-state index in [-0.39, 0.29) is 19.4 Å². The Kier molecular flexibility index (Phi) is 6.94. The minimum absolute atomic E-state index is 0.0303. The lowest BCUT2D eigenvalue weighted by Crippen LogP contribution is -2.31. The van der Waals surface area contributed by atoms with Gasteiger partial charge in [-0.1, -0.05) is 6.07 Å². The van der Waals surface area contributed by atoms with E-state index in [0.717, 1.165) is 18.2 Å². The van der Waals surface area contributed by atoms with Crippen molar-refractivity contribution in [2.45, 2.75) is 36.9 Å². The molecule has 0 unspecified atom stereocenters. The van der Waals surface area contributed by atoms with Crippen LogP contribution in [0.2, 0.25) is 0 Å². The fraction of sp³-hybridized carbons (Fsp3) is 0.429. The number of ether oxygens (including phenoxy) is 1.